The summed E-state index contributed by atoms with van der Waals surface area (Å²) in [5.74, 6) is 0. The molecule has 0 aliphatic carbocycles. The van der Waals surface area contributed by atoms with E-state index >= 15 is 0 Å². The van der Waals surface area contributed by atoms with Gasteiger partial charge in [0.25, 0.3) is 0 Å². The summed E-state index contributed by atoms with van der Waals surface area (Å²) in [6, 6.07) is 2.73. The molecule has 0 aliphatic rings. The van der Waals surface area contributed by atoms with Crippen molar-refractivity contribution >= 4 is 10.9 Å². The Morgan fingerprint density at radius 2 is 1.93 bits per heavy atom. The minimum atomic E-state index is -4.41. The molecule has 2 aromatic rings. The number of alkyl halides is 3. The molecule has 1 aromatic heterocycles. The quantitative estimate of drug-likeness (QED) is 0.603. The lowest BCUT2D eigenvalue weighted by Gasteiger charge is -2.05. The van der Waals surface area contributed by atoms with Gasteiger partial charge in [-0.05, 0) is 18.2 Å². The molecule has 0 fully saturated rings. The standard InChI is InChI=1S/C8H4F4N2/c9-8(10,11)6-1-2-7-5(3-6)4-13-14(7)12/h1-4H. The highest BCUT2D eigenvalue weighted by atomic mass is 19.4. The van der Waals surface area contributed by atoms with E-state index in [1.54, 1.807) is 0 Å². The SMILES string of the molecule is Fn1ncc2cc(C(F)(F)F)ccc21. The second-order valence-electron chi connectivity index (χ2n) is 2.78. The Hall–Kier alpha value is -1.59. The molecular weight excluding hydrogens is 200 g/mol. The molecule has 6 heteroatoms. The van der Waals surface area contributed by atoms with Crippen molar-refractivity contribution in [2.75, 3.05) is 0 Å². The van der Waals surface area contributed by atoms with Crippen molar-refractivity contribution in [2.24, 2.45) is 0 Å². The van der Waals surface area contributed by atoms with Crippen LogP contribution in [0.3, 0.4) is 0 Å². The van der Waals surface area contributed by atoms with Crippen LogP contribution in [0.2, 0.25) is 0 Å². The third kappa shape index (κ3) is 1.32. The molecule has 1 aromatic carbocycles. The Balaban J connectivity index is 2.63. The van der Waals surface area contributed by atoms with Gasteiger partial charge in [-0.25, -0.2) is 0 Å². The fourth-order valence-electron chi connectivity index (χ4n) is 1.18. The first kappa shape index (κ1) is 8.98. The van der Waals surface area contributed by atoms with E-state index in [1.807, 2.05) is 0 Å². The predicted molar refractivity (Wildman–Crippen MR) is 41.2 cm³/mol. The fourth-order valence-corrected chi connectivity index (χ4v) is 1.18. The van der Waals surface area contributed by atoms with Gasteiger partial charge < -0.3 is 0 Å². The van der Waals surface area contributed by atoms with Crippen molar-refractivity contribution in [3.63, 3.8) is 0 Å². The van der Waals surface area contributed by atoms with Gasteiger partial charge >= 0.3 is 6.18 Å². The van der Waals surface area contributed by atoms with E-state index in [2.05, 4.69) is 5.10 Å². The molecule has 0 bridgehead atoms. The zero-order valence-electron chi connectivity index (χ0n) is 6.72. The highest BCUT2D eigenvalue weighted by molar-refractivity contribution is 5.79. The van der Waals surface area contributed by atoms with Crippen molar-refractivity contribution in [1.82, 2.24) is 10.0 Å². The van der Waals surface area contributed by atoms with Gasteiger partial charge in [0, 0.05) is 5.39 Å². The van der Waals surface area contributed by atoms with Crippen LogP contribution >= 0.6 is 0 Å². The van der Waals surface area contributed by atoms with Crippen LogP contribution in [-0.4, -0.2) is 10.0 Å². The molecule has 0 atom stereocenters. The van der Waals surface area contributed by atoms with Gasteiger partial charge in [-0.15, -0.1) is 5.10 Å². The largest absolute Gasteiger partial charge is 0.416 e. The second-order valence-corrected chi connectivity index (χ2v) is 2.78. The molecule has 1 heterocycles. The van der Waals surface area contributed by atoms with E-state index in [9.17, 15) is 17.7 Å². The molecule has 2 nitrogen and oxygen atoms in total. The van der Waals surface area contributed by atoms with E-state index in [-0.39, 0.29) is 15.8 Å². The maximum atomic E-state index is 12.7. The van der Waals surface area contributed by atoms with Gasteiger partial charge in [0.1, 0.15) is 5.52 Å². The van der Waals surface area contributed by atoms with Crippen LogP contribution in [0.25, 0.3) is 10.9 Å². The van der Waals surface area contributed by atoms with Crippen LogP contribution in [0.1, 0.15) is 5.56 Å². The third-order valence-electron chi connectivity index (χ3n) is 1.85. The van der Waals surface area contributed by atoms with Gasteiger partial charge in [0.05, 0.1) is 11.8 Å². The minimum Gasteiger partial charge on any atom is -0.166 e. The highest BCUT2D eigenvalue weighted by Gasteiger charge is 2.30. The van der Waals surface area contributed by atoms with Crippen molar-refractivity contribution in [2.45, 2.75) is 6.18 Å². The summed E-state index contributed by atoms with van der Waals surface area (Å²) in [5.41, 5.74) is -0.781. The van der Waals surface area contributed by atoms with Crippen molar-refractivity contribution < 1.29 is 17.7 Å². The molecule has 0 N–H and O–H groups in total. The van der Waals surface area contributed by atoms with Crippen LogP contribution in [-0.2, 0) is 6.18 Å². The molecule has 14 heavy (non-hydrogen) atoms. The Morgan fingerprint density at radius 3 is 2.57 bits per heavy atom. The second kappa shape index (κ2) is 2.70. The Morgan fingerprint density at radius 1 is 1.21 bits per heavy atom. The van der Waals surface area contributed by atoms with Crippen LogP contribution in [0.4, 0.5) is 17.7 Å². The molecule has 0 saturated carbocycles. The number of hydrogen-bond donors (Lipinski definition) is 0. The van der Waals surface area contributed by atoms with Crippen LogP contribution < -0.4 is 0 Å². The summed E-state index contributed by atoms with van der Waals surface area (Å²) in [6.45, 7) is 0. The molecule has 0 saturated heterocycles. The maximum Gasteiger partial charge on any atom is 0.416 e. The third-order valence-corrected chi connectivity index (χ3v) is 1.85. The van der Waals surface area contributed by atoms with Crippen LogP contribution in [0, 0.1) is 0 Å². The van der Waals surface area contributed by atoms with Gasteiger partial charge in [-0.3, -0.25) is 0 Å². The number of halogens is 4. The summed E-state index contributed by atoms with van der Waals surface area (Å²) in [7, 11) is 0. The normalized spacial score (nSPS) is 12.3. The first-order valence-electron chi connectivity index (χ1n) is 3.69. The number of benzene rings is 1. The van der Waals surface area contributed by atoms with E-state index in [0.717, 1.165) is 24.4 Å². The monoisotopic (exact) mass is 204 g/mol. The van der Waals surface area contributed by atoms with Crippen LogP contribution in [0.15, 0.2) is 24.4 Å². The number of rotatable bonds is 0. The van der Waals surface area contributed by atoms with Crippen molar-refractivity contribution in [1.29, 1.82) is 0 Å². The van der Waals surface area contributed by atoms with E-state index in [1.165, 1.54) is 0 Å². The molecule has 0 radical (unpaired) electrons. The molecular formula is C8H4F4N2. The topological polar surface area (TPSA) is 17.8 Å². The van der Waals surface area contributed by atoms with E-state index < -0.39 is 11.7 Å². The number of aromatic nitrogens is 2. The first-order chi connectivity index (χ1) is 6.48. The lowest BCUT2D eigenvalue weighted by atomic mass is 10.1. The average Bonchev–Trinajstić information content (AvgIpc) is 2.46. The molecule has 2 rings (SSSR count). The Kier molecular flexibility index (Phi) is 1.73. The van der Waals surface area contributed by atoms with Crippen molar-refractivity contribution in [3.8, 4) is 0 Å². The molecule has 0 unspecified atom stereocenters. The van der Waals surface area contributed by atoms with Gasteiger partial charge in [0.15, 0.2) is 0 Å². The summed E-state index contributed by atoms with van der Waals surface area (Å²) in [5, 5.41) is 3.33. The smallest absolute Gasteiger partial charge is 0.166 e. The summed E-state index contributed by atoms with van der Waals surface area (Å²) in [6.07, 6.45) is -3.36. The van der Waals surface area contributed by atoms with E-state index in [4.69, 9.17) is 0 Å². The number of fused-ring (bicyclic) bond motifs is 1. The summed E-state index contributed by atoms with van der Waals surface area (Å²) >= 11 is 0. The van der Waals surface area contributed by atoms with Gasteiger partial charge in [-0.1, -0.05) is 9.39 Å². The molecule has 0 aliphatic heterocycles. The highest BCUT2D eigenvalue weighted by Crippen LogP contribution is 2.31. The van der Waals surface area contributed by atoms with Gasteiger partial charge in [0.2, 0.25) is 0 Å². The summed E-state index contributed by atoms with van der Waals surface area (Å²) < 4.78 is 49.3. The fraction of sp³-hybridized carbons (Fsp3) is 0.125. The first-order valence-corrected chi connectivity index (χ1v) is 3.69. The van der Waals surface area contributed by atoms with Crippen molar-refractivity contribution in [3.05, 3.63) is 30.0 Å². The lowest BCUT2D eigenvalue weighted by Crippen LogP contribution is -2.04. The predicted octanol–water partition coefficient (Wildman–Crippen LogP) is 2.79. The Labute approximate surface area is 75.7 Å². The summed E-state index contributed by atoms with van der Waals surface area (Å²) in [4.78, 5) is 0.0372. The maximum absolute atomic E-state index is 12.7. The van der Waals surface area contributed by atoms with E-state index in [0.29, 0.717) is 0 Å². The van der Waals surface area contributed by atoms with Crippen LogP contribution in [0.5, 0.6) is 0 Å². The molecule has 0 spiro atoms. The Bertz CT molecular complexity index is 472. The number of hydrogen-bond acceptors (Lipinski definition) is 1. The molecule has 0 amide bonds. The van der Waals surface area contributed by atoms with Gasteiger partial charge in [-0.2, -0.15) is 13.2 Å². The molecule has 74 valence electrons. The number of nitrogens with zero attached hydrogens (tertiary/aromatic N) is 2. The zero-order valence-corrected chi connectivity index (χ0v) is 6.72. The average molecular weight is 204 g/mol. The minimum absolute atomic E-state index is 0.0259. The lowest BCUT2D eigenvalue weighted by molar-refractivity contribution is -0.137. The zero-order chi connectivity index (χ0) is 10.3.